The molecule has 0 aromatic carbocycles. The highest BCUT2D eigenvalue weighted by Crippen LogP contribution is 2.03. The number of halogens is 1. The molecule has 0 aliphatic carbocycles. The van der Waals surface area contributed by atoms with E-state index in [-0.39, 0.29) is 24.0 Å². The van der Waals surface area contributed by atoms with Crippen LogP contribution in [0, 0.1) is 0 Å². The molecule has 0 fully saturated rings. The average molecular weight is 252 g/mol. The van der Waals surface area contributed by atoms with Gasteiger partial charge in [-0.3, -0.25) is 0 Å². The summed E-state index contributed by atoms with van der Waals surface area (Å²) in [5, 5.41) is 3.84. The van der Waals surface area contributed by atoms with Gasteiger partial charge in [-0.25, -0.2) is 0 Å². The number of nitrogens with zero attached hydrogens (tertiary/aromatic N) is 2. The number of nitrogens with two attached hydrogens (primary N) is 2. The van der Waals surface area contributed by atoms with Crippen LogP contribution in [0.2, 0.25) is 0 Å². The summed E-state index contributed by atoms with van der Waals surface area (Å²) in [7, 11) is 1.79. The Morgan fingerprint density at radius 2 is 2.10 bits per heavy atom. The molecule has 1 aromatic heterocycles. The molecule has 0 radical (unpaired) electrons. The van der Waals surface area contributed by atoms with Crippen molar-refractivity contribution in [1.82, 2.24) is 5.10 Å². The molecule has 10 heavy (non-hydrogen) atoms. The molecule has 0 unspecified atom stereocenters. The molecule has 0 amide bonds. The van der Waals surface area contributed by atoms with E-state index >= 15 is 0 Å². The van der Waals surface area contributed by atoms with Crippen LogP contribution in [0.3, 0.4) is 0 Å². The Kier molecular flexibility index (Phi) is 3.34. The van der Waals surface area contributed by atoms with Crippen LogP contribution in [0.25, 0.3) is 0 Å². The lowest BCUT2D eigenvalue weighted by atomic mass is 10.4. The second-order valence-corrected chi connectivity index (χ2v) is 1.83. The lowest BCUT2D eigenvalue weighted by Gasteiger charge is -1.91. The summed E-state index contributed by atoms with van der Waals surface area (Å²) in [4.78, 5) is 0. The Hall–Kier alpha value is -0.590. The topological polar surface area (TPSA) is 68.8 Å². The van der Waals surface area contributed by atoms with Crippen molar-refractivity contribution in [1.29, 1.82) is 0 Å². The van der Waals surface area contributed by atoms with Gasteiger partial charge in [-0.05, 0) is 0 Å². The van der Waals surface area contributed by atoms with E-state index in [1.807, 2.05) is 0 Å². The Bertz CT molecular complexity index is 225. The molecule has 0 bridgehead atoms. The summed E-state index contributed by atoms with van der Waals surface area (Å²) in [6.07, 6.45) is 1.74. The number of aromatic nitrogens is 2. The SMILES string of the molecule is C[n+]1ccc(N)c(N)n1.[I-]. The Labute approximate surface area is 76.2 Å². The van der Waals surface area contributed by atoms with Crippen molar-refractivity contribution in [3.63, 3.8) is 0 Å². The van der Waals surface area contributed by atoms with E-state index in [1.54, 1.807) is 24.0 Å². The van der Waals surface area contributed by atoms with Gasteiger partial charge in [0, 0.05) is 11.2 Å². The zero-order valence-electron chi connectivity index (χ0n) is 5.58. The minimum atomic E-state index is 0. The van der Waals surface area contributed by atoms with E-state index < -0.39 is 0 Å². The molecular weight excluding hydrogens is 243 g/mol. The van der Waals surface area contributed by atoms with E-state index in [0.29, 0.717) is 11.5 Å². The van der Waals surface area contributed by atoms with Crippen molar-refractivity contribution in [2.75, 3.05) is 11.5 Å². The van der Waals surface area contributed by atoms with Gasteiger partial charge in [0.05, 0.1) is 5.69 Å². The zero-order valence-corrected chi connectivity index (χ0v) is 7.74. The van der Waals surface area contributed by atoms with Crippen LogP contribution in [0.1, 0.15) is 0 Å². The molecule has 0 saturated carbocycles. The molecule has 56 valence electrons. The summed E-state index contributed by atoms with van der Waals surface area (Å²) in [5.41, 5.74) is 11.3. The quantitative estimate of drug-likeness (QED) is 0.366. The van der Waals surface area contributed by atoms with Crippen molar-refractivity contribution in [3.05, 3.63) is 12.3 Å². The summed E-state index contributed by atoms with van der Waals surface area (Å²) in [6, 6.07) is 1.71. The molecule has 0 spiro atoms. The number of anilines is 2. The van der Waals surface area contributed by atoms with E-state index in [4.69, 9.17) is 11.5 Å². The highest BCUT2D eigenvalue weighted by molar-refractivity contribution is 5.55. The van der Waals surface area contributed by atoms with E-state index in [1.165, 1.54) is 0 Å². The molecular formula is C5H9IN4. The monoisotopic (exact) mass is 252 g/mol. The van der Waals surface area contributed by atoms with Crippen LogP contribution in [0.15, 0.2) is 12.3 Å². The largest absolute Gasteiger partial charge is 1.00 e. The van der Waals surface area contributed by atoms with Gasteiger partial charge in [0.1, 0.15) is 0 Å². The first-order valence-corrected chi connectivity index (χ1v) is 2.58. The van der Waals surface area contributed by atoms with Gasteiger partial charge < -0.3 is 35.4 Å². The molecule has 0 atom stereocenters. The zero-order chi connectivity index (χ0) is 6.85. The molecule has 1 rings (SSSR count). The summed E-state index contributed by atoms with van der Waals surface area (Å²) in [6.45, 7) is 0. The fraction of sp³-hybridized carbons (Fsp3) is 0.200. The summed E-state index contributed by atoms with van der Waals surface area (Å²) in [5.74, 6) is 0.375. The van der Waals surface area contributed by atoms with Gasteiger partial charge in [0.25, 0.3) is 0 Å². The maximum Gasteiger partial charge on any atom is 0.214 e. The smallest absolute Gasteiger partial charge is 0.214 e. The predicted molar refractivity (Wildman–Crippen MR) is 34.2 cm³/mol. The first-order valence-electron chi connectivity index (χ1n) is 2.58. The van der Waals surface area contributed by atoms with E-state index in [2.05, 4.69) is 5.10 Å². The van der Waals surface area contributed by atoms with Gasteiger partial charge in [-0.2, -0.15) is 0 Å². The number of hydrogen-bond donors (Lipinski definition) is 2. The summed E-state index contributed by atoms with van der Waals surface area (Å²) < 4.78 is 1.60. The second kappa shape index (κ2) is 3.55. The first-order chi connectivity index (χ1) is 4.20. The minimum absolute atomic E-state index is 0. The van der Waals surface area contributed by atoms with Crippen molar-refractivity contribution < 1.29 is 28.7 Å². The van der Waals surface area contributed by atoms with Gasteiger partial charge >= 0.3 is 0 Å². The first kappa shape index (κ1) is 9.41. The molecule has 0 aliphatic heterocycles. The standard InChI is InChI=1S/C5H8N4.HI/c1-9-3-2-4(6)5(7)8-9;/h2-3,6H,1H3,(H2,7,8);1H. The third kappa shape index (κ3) is 1.98. The van der Waals surface area contributed by atoms with E-state index in [0.717, 1.165) is 0 Å². The number of rotatable bonds is 0. The maximum atomic E-state index is 5.39. The lowest BCUT2D eigenvalue weighted by molar-refractivity contribution is -0.729. The molecule has 4 N–H and O–H groups in total. The van der Waals surface area contributed by atoms with Crippen molar-refractivity contribution in [2.24, 2.45) is 7.05 Å². The Morgan fingerprint density at radius 3 is 2.50 bits per heavy atom. The number of hydrogen-bond acceptors (Lipinski definition) is 3. The molecule has 0 aliphatic rings. The van der Waals surface area contributed by atoms with E-state index in [9.17, 15) is 0 Å². The fourth-order valence-corrected chi connectivity index (χ4v) is 0.535. The molecule has 1 heterocycles. The van der Waals surface area contributed by atoms with Crippen molar-refractivity contribution in [2.45, 2.75) is 0 Å². The van der Waals surface area contributed by atoms with Crippen molar-refractivity contribution >= 4 is 11.5 Å². The van der Waals surface area contributed by atoms with Crippen LogP contribution >= 0.6 is 0 Å². The van der Waals surface area contributed by atoms with Crippen LogP contribution in [-0.4, -0.2) is 5.10 Å². The van der Waals surface area contributed by atoms with Crippen LogP contribution in [-0.2, 0) is 7.05 Å². The highest BCUT2D eigenvalue weighted by Gasteiger charge is 1.98. The van der Waals surface area contributed by atoms with Crippen LogP contribution in [0.4, 0.5) is 11.5 Å². The maximum absolute atomic E-state index is 5.39. The molecule has 4 nitrogen and oxygen atoms in total. The number of aryl methyl sites for hydroxylation is 1. The fourth-order valence-electron chi connectivity index (χ4n) is 0.535. The molecule has 5 heteroatoms. The summed E-state index contributed by atoms with van der Waals surface area (Å²) >= 11 is 0. The molecule has 0 saturated heterocycles. The lowest BCUT2D eigenvalue weighted by Crippen LogP contribution is -3.00. The number of nitrogen functional groups attached to an aromatic ring is 2. The predicted octanol–water partition coefficient (Wildman–Crippen LogP) is -3.93. The third-order valence-corrected chi connectivity index (χ3v) is 1.03. The minimum Gasteiger partial charge on any atom is -1.00 e. The average Bonchev–Trinajstić information content (AvgIpc) is 1.80. The Morgan fingerprint density at radius 1 is 1.50 bits per heavy atom. The van der Waals surface area contributed by atoms with Crippen molar-refractivity contribution in [3.8, 4) is 0 Å². The third-order valence-electron chi connectivity index (χ3n) is 1.03. The van der Waals surface area contributed by atoms with Crippen LogP contribution < -0.4 is 40.1 Å². The van der Waals surface area contributed by atoms with Gasteiger partial charge in [0.15, 0.2) is 13.2 Å². The van der Waals surface area contributed by atoms with Crippen LogP contribution in [0.5, 0.6) is 0 Å². The Balaban J connectivity index is 0.000000810. The van der Waals surface area contributed by atoms with Gasteiger partial charge in [-0.1, -0.05) is 4.68 Å². The molecule has 1 aromatic rings. The highest BCUT2D eigenvalue weighted by atomic mass is 127. The second-order valence-electron chi connectivity index (χ2n) is 1.83. The van der Waals surface area contributed by atoms with Gasteiger partial charge in [-0.15, -0.1) is 0 Å². The van der Waals surface area contributed by atoms with Gasteiger partial charge in [0.2, 0.25) is 5.82 Å². The normalized spacial score (nSPS) is 8.50.